The maximum atomic E-state index is 12.0. The van der Waals surface area contributed by atoms with E-state index in [0.29, 0.717) is 28.9 Å². The largest absolute Gasteiger partial charge is 0.351 e. The average Bonchev–Trinajstić information content (AvgIpc) is 2.46. The molecule has 0 saturated heterocycles. The van der Waals surface area contributed by atoms with Crippen LogP contribution in [0.25, 0.3) is 0 Å². The normalized spacial score (nSPS) is 10.2. The van der Waals surface area contributed by atoms with E-state index < -0.39 is 0 Å². The van der Waals surface area contributed by atoms with Crippen molar-refractivity contribution in [1.29, 1.82) is 0 Å². The molecule has 0 unspecified atom stereocenters. The van der Waals surface area contributed by atoms with Crippen molar-refractivity contribution in [3.8, 4) is 0 Å². The lowest BCUT2D eigenvalue weighted by Crippen LogP contribution is -2.25. The van der Waals surface area contributed by atoms with Crippen LogP contribution in [0.4, 0.5) is 11.5 Å². The van der Waals surface area contributed by atoms with E-state index in [4.69, 9.17) is 11.6 Å². The number of halogens is 1. The fourth-order valence-electron chi connectivity index (χ4n) is 1.78. The Morgan fingerprint density at radius 1 is 1.29 bits per heavy atom. The highest BCUT2D eigenvalue weighted by molar-refractivity contribution is 6.33. The Labute approximate surface area is 128 Å². The van der Waals surface area contributed by atoms with Gasteiger partial charge in [0.05, 0.1) is 10.7 Å². The fraction of sp³-hybridized carbons (Fsp3) is 0.267. The summed E-state index contributed by atoms with van der Waals surface area (Å²) in [5.74, 6) is 0.857. The van der Waals surface area contributed by atoms with Gasteiger partial charge < -0.3 is 10.6 Å². The molecule has 0 aliphatic heterocycles. The lowest BCUT2D eigenvalue weighted by atomic mass is 10.3. The Morgan fingerprint density at radius 3 is 2.76 bits per heavy atom. The van der Waals surface area contributed by atoms with Gasteiger partial charge in [-0.1, -0.05) is 30.7 Å². The molecule has 0 aliphatic carbocycles. The highest BCUT2D eigenvalue weighted by Gasteiger charge is 2.10. The molecule has 0 radical (unpaired) electrons. The number of para-hydroxylation sites is 1. The molecule has 1 amide bonds. The van der Waals surface area contributed by atoms with E-state index in [1.807, 2.05) is 25.1 Å². The van der Waals surface area contributed by atoms with Crippen LogP contribution in [0.2, 0.25) is 5.02 Å². The summed E-state index contributed by atoms with van der Waals surface area (Å²) in [5, 5.41) is 6.49. The monoisotopic (exact) mass is 304 g/mol. The number of rotatable bonds is 5. The molecule has 0 spiro atoms. The smallest absolute Gasteiger partial charge is 0.270 e. The topological polar surface area (TPSA) is 66.9 Å². The second-order valence-electron chi connectivity index (χ2n) is 4.55. The van der Waals surface area contributed by atoms with E-state index in [9.17, 15) is 4.79 Å². The van der Waals surface area contributed by atoms with Crippen molar-refractivity contribution in [3.63, 3.8) is 0 Å². The second kappa shape index (κ2) is 7.04. The molecule has 6 heteroatoms. The molecule has 2 rings (SSSR count). The lowest BCUT2D eigenvalue weighted by molar-refractivity contribution is 0.0948. The molecule has 0 fully saturated rings. The zero-order valence-electron chi connectivity index (χ0n) is 12.0. The van der Waals surface area contributed by atoms with E-state index in [1.54, 1.807) is 19.1 Å². The van der Waals surface area contributed by atoms with E-state index in [0.717, 1.165) is 12.1 Å². The van der Waals surface area contributed by atoms with Crippen molar-refractivity contribution in [1.82, 2.24) is 15.3 Å². The summed E-state index contributed by atoms with van der Waals surface area (Å²) in [6, 6.07) is 8.96. The van der Waals surface area contributed by atoms with Gasteiger partial charge >= 0.3 is 0 Å². The molecular weight excluding hydrogens is 288 g/mol. The summed E-state index contributed by atoms with van der Waals surface area (Å²) in [5.41, 5.74) is 1.07. The van der Waals surface area contributed by atoms with Gasteiger partial charge in [0.2, 0.25) is 0 Å². The summed E-state index contributed by atoms with van der Waals surface area (Å²) in [4.78, 5) is 20.4. The molecule has 0 atom stereocenters. The number of aromatic nitrogens is 2. The third-order valence-corrected chi connectivity index (χ3v) is 3.07. The van der Waals surface area contributed by atoms with E-state index in [1.165, 1.54) is 0 Å². The van der Waals surface area contributed by atoms with Gasteiger partial charge in [0.1, 0.15) is 17.3 Å². The third-order valence-electron chi connectivity index (χ3n) is 2.74. The number of amides is 1. The number of carbonyl (C=O) groups is 1. The molecule has 21 heavy (non-hydrogen) atoms. The van der Waals surface area contributed by atoms with Crippen molar-refractivity contribution in [2.75, 3.05) is 11.9 Å². The van der Waals surface area contributed by atoms with Crippen LogP contribution < -0.4 is 10.6 Å². The Bertz CT molecular complexity index is 645. The summed E-state index contributed by atoms with van der Waals surface area (Å²) < 4.78 is 0. The van der Waals surface area contributed by atoms with Crippen LogP contribution in [0, 0.1) is 6.92 Å². The van der Waals surface area contributed by atoms with Gasteiger partial charge in [-0.05, 0) is 25.5 Å². The first-order valence-corrected chi connectivity index (χ1v) is 7.13. The highest BCUT2D eigenvalue weighted by atomic mass is 35.5. The Kier molecular flexibility index (Phi) is 5.11. The molecule has 2 N–H and O–H groups in total. The van der Waals surface area contributed by atoms with Crippen LogP contribution in [-0.4, -0.2) is 22.4 Å². The number of benzene rings is 1. The van der Waals surface area contributed by atoms with E-state index in [-0.39, 0.29) is 5.91 Å². The predicted molar refractivity (Wildman–Crippen MR) is 84.1 cm³/mol. The van der Waals surface area contributed by atoms with E-state index >= 15 is 0 Å². The molecule has 110 valence electrons. The Hall–Kier alpha value is -2.14. The number of nitrogens with zero attached hydrogens (tertiary/aromatic N) is 2. The molecule has 1 aromatic carbocycles. The number of hydrogen-bond acceptors (Lipinski definition) is 4. The number of anilines is 2. The summed E-state index contributed by atoms with van der Waals surface area (Å²) >= 11 is 6.10. The predicted octanol–water partition coefficient (Wildman–Crippen LogP) is 3.32. The summed E-state index contributed by atoms with van der Waals surface area (Å²) in [6.07, 6.45) is 0.876. The third kappa shape index (κ3) is 4.16. The van der Waals surface area contributed by atoms with Gasteiger partial charge in [0.15, 0.2) is 0 Å². The first-order chi connectivity index (χ1) is 10.1. The second-order valence-corrected chi connectivity index (χ2v) is 4.95. The number of nitrogens with one attached hydrogen (secondary N) is 2. The van der Waals surface area contributed by atoms with Gasteiger partial charge in [0.25, 0.3) is 5.91 Å². The zero-order chi connectivity index (χ0) is 15.2. The van der Waals surface area contributed by atoms with Gasteiger partial charge in [-0.2, -0.15) is 0 Å². The van der Waals surface area contributed by atoms with Crippen LogP contribution in [0.3, 0.4) is 0 Å². The minimum atomic E-state index is -0.204. The van der Waals surface area contributed by atoms with E-state index in [2.05, 4.69) is 20.6 Å². The highest BCUT2D eigenvalue weighted by Crippen LogP contribution is 2.24. The SMILES string of the molecule is CCCNC(=O)c1cc(Nc2ccccc2Cl)nc(C)n1. The first kappa shape index (κ1) is 15.3. The molecule has 1 heterocycles. The van der Waals surface area contributed by atoms with Gasteiger partial charge in [-0.3, -0.25) is 4.79 Å². The fourth-order valence-corrected chi connectivity index (χ4v) is 1.96. The number of hydrogen-bond donors (Lipinski definition) is 2. The first-order valence-electron chi connectivity index (χ1n) is 6.75. The van der Waals surface area contributed by atoms with Crippen LogP contribution in [0.1, 0.15) is 29.7 Å². The molecule has 0 saturated carbocycles. The Morgan fingerprint density at radius 2 is 2.05 bits per heavy atom. The maximum absolute atomic E-state index is 12.0. The summed E-state index contributed by atoms with van der Waals surface area (Å²) in [7, 11) is 0. The summed E-state index contributed by atoms with van der Waals surface area (Å²) in [6.45, 7) is 4.36. The quantitative estimate of drug-likeness (QED) is 0.889. The maximum Gasteiger partial charge on any atom is 0.270 e. The minimum Gasteiger partial charge on any atom is -0.351 e. The molecule has 0 bridgehead atoms. The van der Waals surface area contributed by atoms with Crippen molar-refractivity contribution < 1.29 is 4.79 Å². The molecule has 2 aromatic rings. The van der Waals surface area contributed by atoms with Crippen LogP contribution >= 0.6 is 11.6 Å². The average molecular weight is 305 g/mol. The zero-order valence-corrected chi connectivity index (χ0v) is 12.7. The van der Waals surface area contributed by atoms with Crippen molar-refractivity contribution >= 4 is 29.0 Å². The number of aryl methyl sites for hydroxylation is 1. The van der Waals surface area contributed by atoms with Crippen LogP contribution in [0.5, 0.6) is 0 Å². The van der Waals surface area contributed by atoms with Crippen molar-refractivity contribution in [2.45, 2.75) is 20.3 Å². The lowest BCUT2D eigenvalue weighted by Gasteiger charge is -2.10. The number of carbonyl (C=O) groups excluding carboxylic acids is 1. The van der Waals surface area contributed by atoms with Crippen molar-refractivity contribution in [3.05, 3.63) is 46.9 Å². The molecule has 5 nitrogen and oxygen atoms in total. The Balaban J connectivity index is 2.23. The van der Waals surface area contributed by atoms with Crippen LogP contribution in [-0.2, 0) is 0 Å². The van der Waals surface area contributed by atoms with Gasteiger partial charge in [0, 0.05) is 12.6 Å². The standard InChI is InChI=1S/C15H17ClN4O/c1-3-8-17-15(21)13-9-14(19-10(2)18-13)20-12-7-5-4-6-11(12)16/h4-7,9H,3,8H2,1-2H3,(H,17,21)(H,18,19,20). The molecule has 0 aliphatic rings. The van der Waals surface area contributed by atoms with Crippen LogP contribution in [0.15, 0.2) is 30.3 Å². The van der Waals surface area contributed by atoms with Crippen molar-refractivity contribution in [2.24, 2.45) is 0 Å². The molecular formula is C15H17ClN4O. The van der Waals surface area contributed by atoms with Gasteiger partial charge in [-0.15, -0.1) is 0 Å². The molecule has 1 aromatic heterocycles. The minimum absolute atomic E-state index is 0.204. The van der Waals surface area contributed by atoms with Gasteiger partial charge in [-0.25, -0.2) is 9.97 Å².